The molecule has 7 nitrogen and oxygen atoms in total. The zero-order chi connectivity index (χ0) is 21.4. The van der Waals surface area contributed by atoms with Crippen LogP contribution in [0.15, 0.2) is 48.5 Å². The summed E-state index contributed by atoms with van der Waals surface area (Å²) in [6.45, 7) is -0.350. The number of carbonyl (C=O) groups excluding carboxylic acids is 3. The van der Waals surface area contributed by atoms with Crippen LogP contribution in [0, 0.1) is 0 Å². The Hall–Kier alpha value is -3.74. The van der Waals surface area contributed by atoms with Crippen LogP contribution in [0.3, 0.4) is 0 Å². The summed E-state index contributed by atoms with van der Waals surface area (Å²) in [4.78, 5) is 36.8. The number of anilines is 1. The standard InChI is InChI=1S/C24H21N3O4/c28-21(16-9-11-19-15(13-16)10-12-22(29)25-19)14-31-24(30)23-18-7-4-8-20(18)27(26-23)17-5-2-1-3-6-17/h1-3,5-6,9,11,13H,4,7-8,10,12,14H2,(H,25,29). The number of rotatable bonds is 5. The average molecular weight is 415 g/mol. The van der Waals surface area contributed by atoms with Crippen LogP contribution in [0.2, 0.25) is 0 Å². The van der Waals surface area contributed by atoms with Crippen LogP contribution in [0.5, 0.6) is 0 Å². The predicted octanol–water partition coefficient (Wildman–Crippen LogP) is 3.29. The molecule has 2 aliphatic rings. The molecule has 2 aromatic carbocycles. The third-order valence-electron chi connectivity index (χ3n) is 5.78. The normalized spacial score (nSPS) is 14.5. The van der Waals surface area contributed by atoms with Gasteiger partial charge in [-0.05, 0) is 61.6 Å². The lowest BCUT2D eigenvalue weighted by Crippen LogP contribution is -2.20. The van der Waals surface area contributed by atoms with Crippen molar-refractivity contribution in [1.82, 2.24) is 9.78 Å². The molecule has 0 spiro atoms. The number of carbonyl (C=O) groups is 3. The molecule has 3 aromatic rings. The van der Waals surface area contributed by atoms with Gasteiger partial charge in [-0.3, -0.25) is 9.59 Å². The number of para-hydroxylation sites is 1. The molecule has 7 heteroatoms. The van der Waals surface area contributed by atoms with Gasteiger partial charge in [0.2, 0.25) is 5.91 Å². The SMILES string of the molecule is O=C1CCc2cc(C(=O)COC(=O)c3nn(-c4ccccc4)c4c3CCC4)ccc2N1. The second-order valence-electron chi connectivity index (χ2n) is 7.79. The maximum absolute atomic E-state index is 12.8. The van der Waals surface area contributed by atoms with Gasteiger partial charge >= 0.3 is 5.97 Å². The van der Waals surface area contributed by atoms with E-state index in [1.807, 2.05) is 30.3 Å². The first-order chi connectivity index (χ1) is 15.1. The highest BCUT2D eigenvalue weighted by Crippen LogP contribution is 2.28. The van der Waals surface area contributed by atoms with Gasteiger partial charge in [0.05, 0.1) is 5.69 Å². The number of Topliss-reactive ketones (excluding diaryl/α,β-unsaturated/α-hetero) is 1. The zero-order valence-electron chi connectivity index (χ0n) is 16.9. The van der Waals surface area contributed by atoms with Gasteiger partial charge in [-0.25, -0.2) is 9.48 Å². The number of nitrogens with one attached hydrogen (secondary N) is 1. The van der Waals surface area contributed by atoms with E-state index in [0.29, 0.717) is 18.4 Å². The topological polar surface area (TPSA) is 90.3 Å². The molecule has 0 fully saturated rings. The van der Waals surface area contributed by atoms with Crippen molar-refractivity contribution in [3.05, 3.63) is 76.6 Å². The molecule has 1 aliphatic carbocycles. The van der Waals surface area contributed by atoms with Crippen molar-refractivity contribution in [2.24, 2.45) is 0 Å². The second kappa shape index (κ2) is 7.83. The van der Waals surface area contributed by atoms with Crippen LogP contribution in [-0.2, 0) is 28.8 Å². The fraction of sp³-hybridized carbons (Fsp3) is 0.250. The molecular formula is C24H21N3O4. The van der Waals surface area contributed by atoms with Gasteiger partial charge in [0.25, 0.3) is 0 Å². The Bertz CT molecular complexity index is 1200. The monoisotopic (exact) mass is 415 g/mol. The minimum absolute atomic E-state index is 0.0250. The van der Waals surface area contributed by atoms with Crippen molar-refractivity contribution in [2.75, 3.05) is 11.9 Å². The van der Waals surface area contributed by atoms with E-state index < -0.39 is 5.97 Å². The molecule has 0 bridgehead atoms. The lowest BCUT2D eigenvalue weighted by atomic mass is 9.99. The summed E-state index contributed by atoms with van der Waals surface area (Å²) in [5.74, 6) is -0.887. The van der Waals surface area contributed by atoms with Crippen molar-refractivity contribution in [2.45, 2.75) is 32.1 Å². The number of aryl methyl sites for hydroxylation is 1. The quantitative estimate of drug-likeness (QED) is 0.510. The lowest BCUT2D eigenvalue weighted by molar-refractivity contribution is -0.116. The van der Waals surface area contributed by atoms with Gasteiger partial charge in [0.1, 0.15) is 0 Å². The molecule has 0 saturated heterocycles. The molecule has 1 aliphatic heterocycles. The molecule has 2 heterocycles. The van der Waals surface area contributed by atoms with E-state index in [9.17, 15) is 14.4 Å². The van der Waals surface area contributed by atoms with Crippen molar-refractivity contribution in [1.29, 1.82) is 0 Å². The predicted molar refractivity (Wildman–Crippen MR) is 114 cm³/mol. The number of ether oxygens (including phenoxy) is 1. The smallest absolute Gasteiger partial charge is 0.359 e. The van der Waals surface area contributed by atoms with E-state index in [0.717, 1.165) is 47.5 Å². The summed E-state index contributed by atoms with van der Waals surface area (Å²) in [6.07, 6.45) is 3.58. The van der Waals surface area contributed by atoms with E-state index in [2.05, 4.69) is 10.4 Å². The first-order valence-electron chi connectivity index (χ1n) is 10.4. The molecule has 5 rings (SSSR count). The second-order valence-corrected chi connectivity index (χ2v) is 7.79. The Labute approximate surface area is 179 Å². The Morgan fingerprint density at radius 2 is 1.87 bits per heavy atom. The van der Waals surface area contributed by atoms with Gasteiger partial charge in [0.15, 0.2) is 18.1 Å². The van der Waals surface area contributed by atoms with Crippen LogP contribution in [-0.4, -0.2) is 34.0 Å². The Kier molecular flexibility index (Phi) is 4.86. The number of ketones is 1. The highest BCUT2D eigenvalue weighted by Gasteiger charge is 2.28. The van der Waals surface area contributed by atoms with Crippen molar-refractivity contribution >= 4 is 23.3 Å². The number of benzene rings is 2. The summed E-state index contributed by atoms with van der Waals surface area (Å²) >= 11 is 0. The van der Waals surface area contributed by atoms with Crippen molar-refractivity contribution in [3.63, 3.8) is 0 Å². The summed E-state index contributed by atoms with van der Waals surface area (Å²) in [5.41, 5.74) is 5.23. The average Bonchev–Trinajstić information content (AvgIpc) is 3.40. The van der Waals surface area contributed by atoms with Crippen molar-refractivity contribution in [3.8, 4) is 5.69 Å². The molecule has 1 amide bonds. The number of aromatic nitrogens is 2. The van der Waals surface area contributed by atoms with Gasteiger partial charge in [-0.1, -0.05) is 18.2 Å². The van der Waals surface area contributed by atoms with Crippen LogP contribution in [0.4, 0.5) is 5.69 Å². The fourth-order valence-corrected chi connectivity index (χ4v) is 4.22. The van der Waals surface area contributed by atoms with E-state index in [-0.39, 0.29) is 24.0 Å². The summed E-state index contributed by atoms with van der Waals surface area (Å²) in [7, 11) is 0. The molecular weight excluding hydrogens is 394 g/mol. The summed E-state index contributed by atoms with van der Waals surface area (Å²) in [5, 5.41) is 7.30. The first-order valence-corrected chi connectivity index (χ1v) is 10.4. The highest BCUT2D eigenvalue weighted by atomic mass is 16.5. The molecule has 1 aromatic heterocycles. The van der Waals surface area contributed by atoms with Gasteiger partial charge in [-0.2, -0.15) is 5.10 Å². The Morgan fingerprint density at radius 3 is 2.71 bits per heavy atom. The number of fused-ring (bicyclic) bond motifs is 2. The van der Waals surface area contributed by atoms with Crippen LogP contribution in [0.25, 0.3) is 5.69 Å². The Balaban J connectivity index is 1.31. The number of nitrogens with zero attached hydrogens (tertiary/aromatic N) is 2. The van der Waals surface area contributed by atoms with E-state index in [1.54, 1.807) is 22.9 Å². The molecule has 0 atom stereocenters. The Morgan fingerprint density at radius 1 is 1.03 bits per heavy atom. The van der Waals surface area contributed by atoms with Crippen LogP contribution >= 0.6 is 0 Å². The number of hydrogen-bond acceptors (Lipinski definition) is 5. The van der Waals surface area contributed by atoms with E-state index >= 15 is 0 Å². The molecule has 31 heavy (non-hydrogen) atoms. The fourth-order valence-electron chi connectivity index (χ4n) is 4.22. The highest BCUT2D eigenvalue weighted by molar-refractivity contribution is 6.01. The molecule has 0 saturated carbocycles. The van der Waals surface area contributed by atoms with Gasteiger partial charge < -0.3 is 10.1 Å². The largest absolute Gasteiger partial charge is 0.453 e. The van der Waals surface area contributed by atoms with Crippen LogP contribution in [0.1, 0.15) is 50.5 Å². The third kappa shape index (κ3) is 3.63. The van der Waals surface area contributed by atoms with Crippen LogP contribution < -0.4 is 5.32 Å². The lowest BCUT2D eigenvalue weighted by Gasteiger charge is -2.17. The first kappa shape index (κ1) is 19.2. The zero-order valence-corrected chi connectivity index (χ0v) is 16.9. The molecule has 156 valence electrons. The summed E-state index contributed by atoms with van der Waals surface area (Å²) < 4.78 is 7.15. The molecule has 0 unspecified atom stereocenters. The van der Waals surface area contributed by atoms with Crippen molar-refractivity contribution < 1.29 is 19.1 Å². The number of esters is 1. The van der Waals surface area contributed by atoms with E-state index in [1.165, 1.54) is 0 Å². The maximum Gasteiger partial charge on any atom is 0.359 e. The van der Waals surface area contributed by atoms with Gasteiger partial charge in [0, 0.05) is 28.9 Å². The number of amides is 1. The minimum atomic E-state index is -0.577. The minimum Gasteiger partial charge on any atom is -0.453 e. The molecule has 0 radical (unpaired) electrons. The number of hydrogen-bond donors (Lipinski definition) is 1. The summed E-state index contributed by atoms with van der Waals surface area (Å²) in [6, 6.07) is 14.8. The maximum atomic E-state index is 12.8. The molecule has 1 N–H and O–H groups in total. The van der Waals surface area contributed by atoms with Gasteiger partial charge in [-0.15, -0.1) is 0 Å². The third-order valence-corrected chi connectivity index (χ3v) is 5.78. The van der Waals surface area contributed by atoms with E-state index in [4.69, 9.17) is 4.74 Å².